The van der Waals surface area contributed by atoms with Gasteiger partial charge in [-0.15, -0.1) is 10.2 Å². The zero-order valence-electron chi connectivity index (χ0n) is 10.2. The second-order valence-electron chi connectivity index (χ2n) is 3.87. The van der Waals surface area contributed by atoms with E-state index in [-0.39, 0.29) is 6.54 Å². The third kappa shape index (κ3) is 3.05. The van der Waals surface area contributed by atoms with Crippen LogP contribution in [0.3, 0.4) is 0 Å². The van der Waals surface area contributed by atoms with Gasteiger partial charge < -0.3 is 9.30 Å². The molecule has 18 heavy (non-hydrogen) atoms. The molecule has 1 aliphatic heterocycles. The van der Waals surface area contributed by atoms with Crippen molar-refractivity contribution < 1.29 is 13.2 Å². The number of ether oxygens (including phenoxy) is 1. The molecule has 2 heterocycles. The van der Waals surface area contributed by atoms with E-state index >= 15 is 0 Å². The lowest BCUT2D eigenvalue weighted by atomic mass is 10.5. The third-order valence-electron chi connectivity index (χ3n) is 2.76. The first kappa shape index (κ1) is 13.4. The SMILES string of the molecule is CCn1cnnc1CNS(=O)(=O)N1CCOCC1. The average molecular weight is 275 g/mol. The molecule has 1 saturated heterocycles. The molecular formula is C9H17N5O3S. The molecule has 0 aliphatic carbocycles. The molecular weight excluding hydrogens is 258 g/mol. The van der Waals surface area contributed by atoms with Gasteiger partial charge in [-0.1, -0.05) is 0 Å². The van der Waals surface area contributed by atoms with Crippen LogP contribution in [0, 0.1) is 0 Å². The first-order valence-electron chi connectivity index (χ1n) is 5.82. The Kier molecular flexibility index (Phi) is 4.27. The summed E-state index contributed by atoms with van der Waals surface area (Å²) < 4.78 is 34.8. The number of aryl methyl sites for hydroxylation is 1. The summed E-state index contributed by atoms with van der Waals surface area (Å²) in [6.45, 7) is 4.45. The third-order valence-corrected chi connectivity index (χ3v) is 4.31. The Bertz CT molecular complexity index is 480. The van der Waals surface area contributed by atoms with Crippen molar-refractivity contribution in [3.63, 3.8) is 0 Å². The van der Waals surface area contributed by atoms with E-state index in [1.807, 2.05) is 6.92 Å². The van der Waals surface area contributed by atoms with Crippen LogP contribution in [-0.2, 0) is 28.0 Å². The monoisotopic (exact) mass is 275 g/mol. The molecule has 1 aromatic heterocycles. The van der Waals surface area contributed by atoms with Crippen LogP contribution in [0.25, 0.3) is 0 Å². The van der Waals surface area contributed by atoms with Gasteiger partial charge in [0.05, 0.1) is 19.8 Å². The van der Waals surface area contributed by atoms with Crippen molar-refractivity contribution in [3.05, 3.63) is 12.2 Å². The maximum Gasteiger partial charge on any atom is 0.280 e. The quantitative estimate of drug-likeness (QED) is 0.742. The van der Waals surface area contributed by atoms with Crippen molar-refractivity contribution in [1.29, 1.82) is 0 Å². The van der Waals surface area contributed by atoms with Gasteiger partial charge in [-0.05, 0) is 6.92 Å². The van der Waals surface area contributed by atoms with Gasteiger partial charge in [0.25, 0.3) is 10.2 Å². The van der Waals surface area contributed by atoms with Crippen LogP contribution in [0.4, 0.5) is 0 Å². The number of morpholine rings is 1. The summed E-state index contributed by atoms with van der Waals surface area (Å²) in [5.74, 6) is 0.606. The Labute approximate surface area is 106 Å². The predicted octanol–water partition coefficient (Wildman–Crippen LogP) is -1.04. The van der Waals surface area contributed by atoms with Gasteiger partial charge in [-0.3, -0.25) is 0 Å². The molecule has 9 heteroatoms. The van der Waals surface area contributed by atoms with Gasteiger partial charge in [0, 0.05) is 19.6 Å². The fraction of sp³-hybridized carbons (Fsp3) is 0.778. The summed E-state index contributed by atoms with van der Waals surface area (Å²) in [5, 5.41) is 7.63. The highest BCUT2D eigenvalue weighted by Gasteiger charge is 2.24. The van der Waals surface area contributed by atoms with E-state index in [9.17, 15) is 8.42 Å². The molecule has 0 spiro atoms. The van der Waals surface area contributed by atoms with Gasteiger partial charge >= 0.3 is 0 Å². The van der Waals surface area contributed by atoms with Crippen molar-refractivity contribution in [3.8, 4) is 0 Å². The van der Waals surface area contributed by atoms with E-state index in [0.717, 1.165) is 0 Å². The van der Waals surface area contributed by atoms with Crippen LogP contribution >= 0.6 is 0 Å². The van der Waals surface area contributed by atoms with Gasteiger partial charge in [0.15, 0.2) is 0 Å². The van der Waals surface area contributed by atoms with Crippen LogP contribution < -0.4 is 4.72 Å². The summed E-state index contributed by atoms with van der Waals surface area (Å²) in [4.78, 5) is 0. The van der Waals surface area contributed by atoms with Crippen molar-refractivity contribution >= 4 is 10.2 Å². The zero-order valence-corrected chi connectivity index (χ0v) is 11.1. The Morgan fingerprint density at radius 3 is 2.83 bits per heavy atom. The van der Waals surface area contributed by atoms with Crippen LogP contribution in [-0.4, -0.2) is 53.8 Å². The van der Waals surface area contributed by atoms with E-state index in [0.29, 0.717) is 38.7 Å². The molecule has 0 aromatic carbocycles. The summed E-state index contributed by atoms with van der Waals surface area (Å²) >= 11 is 0. The summed E-state index contributed by atoms with van der Waals surface area (Å²) in [7, 11) is -3.46. The first-order chi connectivity index (χ1) is 8.63. The lowest BCUT2D eigenvalue weighted by Crippen LogP contribution is -2.46. The fourth-order valence-corrected chi connectivity index (χ4v) is 2.84. The standard InChI is InChI=1S/C9H17N5O3S/c1-2-13-8-10-12-9(13)7-11-18(15,16)14-3-5-17-6-4-14/h8,11H,2-7H2,1H3. The minimum absolute atomic E-state index is 0.146. The molecule has 0 atom stereocenters. The predicted molar refractivity (Wildman–Crippen MR) is 63.8 cm³/mol. The Morgan fingerprint density at radius 1 is 1.44 bits per heavy atom. The highest BCUT2D eigenvalue weighted by molar-refractivity contribution is 7.87. The number of aromatic nitrogens is 3. The summed E-state index contributed by atoms with van der Waals surface area (Å²) in [6.07, 6.45) is 1.58. The van der Waals surface area contributed by atoms with Crippen LogP contribution in [0.1, 0.15) is 12.7 Å². The second-order valence-corrected chi connectivity index (χ2v) is 5.63. The number of rotatable bonds is 5. The zero-order chi connectivity index (χ0) is 13.0. The highest BCUT2D eigenvalue weighted by Crippen LogP contribution is 2.04. The summed E-state index contributed by atoms with van der Waals surface area (Å²) in [5.41, 5.74) is 0. The lowest BCUT2D eigenvalue weighted by molar-refractivity contribution is 0.0724. The number of nitrogens with one attached hydrogen (secondary N) is 1. The average Bonchev–Trinajstić information content (AvgIpc) is 2.85. The van der Waals surface area contributed by atoms with Gasteiger partial charge in [0.1, 0.15) is 12.2 Å². The van der Waals surface area contributed by atoms with Gasteiger partial charge in [0.2, 0.25) is 0 Å². The van der Waals surface area contributed by atoms with Crippen LogP contribution in [0.5, 0.6) is 0 Å². The Morgan fingerprint density at radius 2 is 2.17 bits per heavy atom. The smallest absolute Gasteiger partial charge is 0.280 e. The molecule has 2 rings (SSSR count). The molecule has 102 valence electrons. The molecule has 0 radical (unpaired) electrons. The molecule has 0 amide bonds. The van der Waals surface area contributed by atoms with Gasteiger partial charge in [-0.2, -0.15) is 17.4 Å². The van der Waals surface area contributed by atoms with Gasteiger partial charge in [-0.25, -0.2) is 0 Å². The summed E-state index contributed by atoms with van der Waals surface area (Å²) in [6, 6.07) is 0. The largest absolute Gasteiger partial charge is 0.379 e. The molecule has 0 bridgehead atoms. The van der Waals surface area contributed by atoms with E-state index in [1.54, 1.807) is 10.9 Å². The molecule has 1 fully saturated rings. The Balaban J connectivity index is 1.96. The lowest BCUT2D eigenvalue weighted by Gasteiger charge is -2.25. The maximum atomic E-state index is 12.0. The van der Waals surface area contributed by atoms with Crippen LogP contribution in [0.15, 0.2) is 6.33 Å². The fourth-order valence-electron chi connectivity index (χ4n) is 1.71. The second kappa shape index (κ2) is 5.74. The van der Waals surface area contributed by atoms with Crippen molar-refractivity contribution in [2.75, 3.05) is 26.3 Å². The van der Waals surface area contributed by atoms with E-state index in [2.05, 4.69) is 14.9 Å². The minimum atomic E-state index is -3.46. The topological polar surface area (TPSA) is 89.3 Å². The normalized spacial score (nSPS) is 18.1. The number of hydrogen-bond donors (Lipinski definition) is 1. The molecule has 0 saturated carbocycles. The van der Waals surface area contributed by atoms with E-state index in [1.165, 1.54) is 4.31 Å². The van der Waals surface area contributed by atoms with E-state index in [4.69, 9.17) is 4.74 Å². The van der Waals surface area contributed by atoms with Crippen molar-refractivity contribution in [2.24, 2.45) is 0 Å². The van der Waals surface area contributed by atoms with Crippen molar-refractivity contribution in [2.45, 2.75) is 20.0 Å². The molecule has 8 nitrogen and oxygen atoms in total. The Hall–Kier alpha value is -1.03. The molecule has 1 aromatic rings. The molecule has 0 unspecified atom stereocenters. The van der Waals surface area contributed by atoms with Crippen molar-refractivity contribution in [1.82, 2.24) is 23.8 Å². The van der Waals surface area contributed by atoms with E-state index < -0.39 is 10.2 Å². The number of hydrogen-bond acceptors (Lipinski definition) is 5. The highest BCUT2D eigenvalue weighted by atomic mass is 32.2. The maximum absolute atomic E-state index is 12.0. The molecule has 1 N–H and O–H groups in total. The minimum Gasteiger partial charge on any atom is -0.379 e. The van der Waals surface area contributed by atoms with Crippen LogP contribution in [0.2, 0.25) is 0 Å². The molecule has 1 aliphatic rings. The number of nitrogens with zero attached hydrogens (tertiary/aromatic N) is 4. The first-order valence-corrected chi connectivity index (χ1v) is 7.26.